The number of urea groups is 1. The van der Waals surface area contributed by atoms with Gasteiger partial charge < -0.3 is 19.9 Å². The molecule has 1 N–H and O–H groups in total. The molecule has 1 atom stereocenters. The van der Waals surface area contributed by atoms with E-state index in [1.807, 2.05) is 79.3 Å². The van der Waals surface area contributed by atoms with Crippen molar-refractivity contribution in [1.29, 1.82) is 0 Å². The van der Waals surface area contributed by atoms with Crippen LogP contribution in [0.3, 0.4) is 0 Å². The van der Waals surface area contributed by atoms with E-state index in [1.54, 1.807) is 0 Å². The zero-order valence-corrected chi connectivity index (χ0v) is 15.0. The van der Waals surface area contributed by atoms with Gasteiger partial charge >= 0.3 is 6.03 Å². The van der Waals surface area contributed by atoms with E-state index in [0.29, 0.717) is 19.8 Å². The normalized spacial score (nSPS) is 17.2. The van der Waals surface area contributed by atoms with Crippen LogP contribution in [-0.4, -0.2) is 44.8 Å². The van der Waals surface area contributed by atoms with Gasteiger partial charge in [-0.25, -0.2) is 4.79 Å². The molecule has 0 aliphatic carbocycles. The number of carbonyl (C=O) groups is 1. The molecule has 3 rings (SSSR count). The van der Waals surface area contributed by atoms with Gasteiger partial charge in [-0.05, 0) is 30.2 Å². The summed E-state index contributed by atoms with van der Waals surface area (Å²) in [4.78, 5) is 16.8. The molecule has 2 aromatic rings. The second-order valence-corrected chi connectivity index (χ2v) is 6.47. The lowest BCUT2D eigenvalue weighted by Crippen LogP contribution is -2.45. The fraction of sp³-hybridized carbons (Fsp3) is 0.350. The van der Waals surface area contributed by atoms with Crippen molar-refractivity contribution in [2.75, 3.05) is 44.1 Å². The first-order chi connectivity index (χ1) is 12.1. The average molecular weight is 339 g/mol. The summed E-state index contributed by atoms with van der Waals surface area (Å²) in [6.45, 7) is 3.69. The van der Waals surface area contributed by atoms with E-state index in [2.05, 4.69) is 5.32 Å². The second kappa shape index (κ2) is 7.57. The maximum atomic E-state index is 12.9. The van der Waals surface area contributed by atoms with Crippen LogP contribution in [0.2, 0.25) is 0 Å². The van der Waals surface area contributed by atoms with Gasteiger partial charge in [0.05, 0.1) is 19.3 Å². The molecule has 132 valence electrons. The van der Waals surface area contributed by atoms with Crippen LogP contribution in [0.5, 0.6) is 0 Å². The minimum Gasteiger partial charge on any atom is -0.377 e. The van der Waals surface area contributed by atoms with Crippen LogP contribution in [0, 0.1) is 6.92 Å². The van der Waals surface area contributed by atoms with E-state index in [9.17, 15) is 4.79 Å². The van der Waals surface area contributed by atoms with Crippen LogP contribution < -0.4 is 10.2 Å². The van der Waals surface area contributed by atoms with E-state index in [4.69, 9.17) is 4.74 Å². The summed E-state index contributed by atoms with van der Waals surface area (Å²) in [5, 5.41) is 3.08. The van der Waals surface area contributed by atoms with Crippen LogP contribution in [-0.2, 0) is 4.74 Å². The highest BCUT2D eigenvalue weighted by atomic mass is 16.5. The Balaban J connectivity index is 1.81. The lowest BCUT2D eigenvalue weighted by atomic mass is 10.1. The summed E-state index contributed by atoms with van der Waals surface area (Å²) in [5.74, 6) is 0. The van der Waals surface area contributed by atoms with Gasteiger partial charge in [-0.3, -0.25) is 0 Å². The molecule has 1 unspecified atom stereocenters. The molecule has 1 aliphatic rings. The zero-order chi connectivity index (χ0) is 17.8. The molecular formula is C20H25N3O2. The molecule has 1 heterocycles. The Morgan fingerprint density at radius 2 is 1.92 bits per heavy atom. The number of rotatable bonds is 3. The lowest BCUT2D eigenvalue weighted by Gasteiger charge is -2.36. The molecule has 0 bridgehead atoms. The SMILES string of the molecule is Cc1c(NC(=O)N2CCOCC2c2ccccc2)cccc1N(C)C. The molecule has 5 heteroatoms. The predicted octanol–water partition coefficient (Wildman–Crippen LogP) is 3.67. The van der Waals surface area contributed by atoms with E-state index in [-0.39, 0.29) is 12.1 Å². The Bertz CT molecular complexity index is 731. The van der Waals surface area contributed by atoms with Crippen LogP contribution in [0.25, 0.3) is 0 Å². The van der Waals surface area contributed by atoms with Crippen molar-refractivity contribution in [1.82, 2.24) is 4.90 Å². The molecule has 0 saturated carbocycles. The largest absolute Gasteiger partial charge is 0.377 e. The van der Waals surface area contributed by atoms with Crippen LogP contribution in [0.15, 0.2) is 48.5 Å². The summed E-state index contributed by atoms with van der Waals surface area (Å²) in [6.07, 6.45) is 0. The third kappa shape index (κ3) is 3.77. The first kappa shape index (κ1) is 17.3. The van der Waals surface area contributed by atoms with Gasteiger partial charge in [0.2, 0.25) is 0 Å². The number of amides is 2. The number of hydrogen-bond acceptors (Lipinski definition) is 3. The second-order valence-electron chi connectivity index (χ2n) is 6.47. The first-order valence-electron chi connectivity index (χ1n) is 8.55. The van der Waals surface area contributed by atoms with E-state index in [1.165, 1.54) is 0 Å². The van der Waals surface area contributed by atoms with Crippen LogP contribution >= 0.6 is 0 Å². The summed E-state index contributed by atoms with van der Waals surface area (Å²) >= 11 is 0. The van der Waals surface area contributed by atoms with Crippen molar-refractivity contribution in [2.45, 2.75) is 13.0 Å². The van der Waals surface area contributed by atoms with Gasteiger partial charge in [-0.15, -0.1) is 0 Å². The van der Waals surface area contributed by atoms with Crippen molar-refractivity contribution >= 4 is 17.4 Å². The summed E-state index contributed by atoms with van der Waals surface area (Å²) in [7, 11) is 4.00. The number of hydrogen-bond donors (Lipinski definition) is 1. The Hall–Kier alpha value is -2.53. The van der Waals surface area contributed by atoms with Crippen molar-refractivity contribution in [3.63, 3.8) is 0 Å². The molecule has 5 nitrogen and oxygen atoms in total. The van der Waals surface area contributed by atoms with Gasteiger partial charge in [0, 0.05) is 32.0 Å². The quantitative estimate of drug-likeness (QED) is 0.928. The topological polar surface area (TPSA) is 44.8 Å². The van der Waals surface area contributed by atoms with Gasteiger partial charge in [-0.2, -0.15) is 0 Å². The number of ether oxygens (including phenoxy) is 1. The smallest absolute Gasteiger partial charge is 0.322 e. The highest BCUT2D eigenvalue weighted by Crippen LogP contribution is 2.28. The van der Waals surface area contributed by atoms with E-state index in [0.717, 1.165) is 22.5 Å². The standard InChI is InChI=1S/C20H25N3O2/c1-15-17(10-7-11-18(15)22(2)3)21-20(24)23-12-13-25-14-19(23)16-8-5-4-6-9-16/h4-11,19H,12-14H2,1-3H3,(H,21,24). The lowest BCUT2D eigenvalue weighted by molar-refractivity contribution is 0.0148. The Morgan fingerprint density at radius 3 is 2.64 bits per heavy atom. The first-order valence-corrected chi connectivity index (χ1v) is 8.55. The molecule has 25 heavy (non-hydrogen) atoms. The molecular weight excluding hydrogens is 314 g/mol. The van der Waals surface area contributed by atoms with Crippen LogP contribution in [0.4, 0.5) is 16.2 Å². The maximum absolute atomic E-state index is 12.9. The van der Waals surface area contributed by atoms with Crippen molar-refractivity contribution in [3.05, 3.63) is 59.7 Å². The summed E-state index contributed by atoms with van der Waals surface area (Å²) < 4.78 is 5.61. The molecule has 1 fully saturated rings. The van der Waals surface area contributed by atoms with Crippen molar-refractivity contribution < 1.29 is 9.53 Å². The third-order valence-corrected chi connectivity index (χ3v) is 4.60. The van der Waals surface area contributed by atoms with Crippen molar-refractivity contribution in [3.8, 4) is 0 Å². The van der Waals surface area contributed by atoms with E-state index < -0.39 is 0 Å². The molecule has 1 saturated heterocycles. The van der Waals surface area contributed by atoms with Gasteiger partial charge in [0.25, 0.3) is 0 Å². The fourth-order valence-electron chi connectivity index (χ4n) is 3.23. The number of anilines is 2. The Labute approximate surface area is 149 Å². The minimum absolute atomic E-state index is 0.0627. The van der Waals surface area contributed by atoms with E-state index >= 15 is 0 Å². The van der Waals surface area contributed by atoms with Gasteiger partial charge in [-0.1, -0.05) is 36.4 Å². The molecule has 0 radical (unpaired) electrons. The third-order valence-electron chi connectivity index (χ3n) is 4.60. The highest BCUT2D eigenvalue weighted by Gasteiger charge is 2.28. The maximum Gasteiger partial charge on any atom is 0.322 e. The average Bonchev–Trinajstić information content (AvgIpc) is 2.64. The summed E-state index contributed by atoms with van der Waals surface area (Å²) in [6, 6.07) is 15.8. The number of nitrogens with zero attached hydrogens (tertiary/aromatic N) is 2. The van der Waals surface area contributed by atoms with Gasteiger partial charge in [0.1, 0.15) is 0 Å². The van der Waals surface area contributed by atoms with Crippen molar-refractivity contribution in [2.24, 2.45) is 0 Å². The number of carbonyl (C=O) groups excluding carboxylic acids is 1. The summed E-state index contributed by atoms with van der Waals surface area (Å²) in [5.41, 5.74) is 4.09. The highest BCUT2D eigenvalue weighted by molar-refractivity contribution is 5.91. The fourth-order valence-corrected chi connectivity index (χ4v) is 3.23. The number of nitrogens with one attached hydrogen (secondary N) is 1. The number of benzene rings is 2. The molecule has 0 spiro atoms. The predicted molar refractivity (Wildman–Crippen MR) is 101 cm³/mol. The molecule has 1 aliphatic heterocycles. The van der Waals surface area contributed by atoms with Crippen LogP contribution in [0.1, 0.15) is 17.2 Å². The number of morpholine rings is 1. The molecule has 0 aromatic heterocycles. The molecule has 2 amide bonds. The monoisotopic (exact) mass is 339 g/mol. The Morgan fingerprint density at radius 1 is 1.16 bits per heavy atom. The minimum atomic E-state index is -0.0869. The molecule has 2 aromatic carbocycles. The van der Waals surface area contributed by atoms with Gasteiger partial charge in [0.15, 0.2) is 0 Å². The Kier molecular flexibility index (Phi) is 5.24. The zero-order valence-electron chi connectivity index (χ0n) is 15.0.